The fourth-order valence-electron chi connectivity index (χ4n) is 3.76. The van der Waals surface area contributed by atoms with E-state index in [1.807, 2.05) is 0 Å². The van der Waals surface area contributed by atoms with Gasteiger partial charge in [-0.2, -0.15) is 0 Å². The first kappa shape index (κ1) is 16.7. The summed E-state index contributed by atoms with van der Waals surface area (Å²) in [6.07, 6.45) is 14.0. The number of rotatable bonds is 8. The van der Waals surface area contributed by atoms with Crippen molar-refractivity contribution in [3.63, 3.8) is 0 Å². The second-order valence-corrected chi connectivity index (χ2v) is 8.78. The Hall–Kier alpha value is 0.310. The van der Waals surface area contributed by atoms with Gasteiger partial charge < -0.3 is 4.89 Å². The summed E-state index contributed by atoms with van der Waals surface area (Å²) in [6.45, 7) is 2.23. The van der Waals surface area contributed by atoms with Crippen molar-refractivity contribution in [1.29, 1.82) is 0 Å². The van der Waals surface area contributed by atoms with Crippen LogP contribution in [0.3, 0.4) is 0 Å². The molecule has 2 rings (SSSR count). The van der Waals surface area contributed by atoms with Crippen LogP contribution in [0.1, 0.15) is 77.6 Å². The van der Waals surface area contributed by atoms with E-state index in [1.165, 1.54) is 64.2 Å². The predicted octanol–water partition coefficient (Wildman–Crippen LogP) is 4.46. The van der Waals surface area contributed by atoms with Gasteiger partial charge in [-0.05, 0) is 31.6 Å². The van der Waals surface area contributed by atoms with E-state index in [2.05, 4.69) is 6.92 Å². The molecule has 0 radical (unpaired) electrons. The van der Waals surface area contributed by atoms with E-state index < -0.39 is 7.94 Å². The first-order valence-electron chi connectivity index (χ1n) is 8.55. The van der Waals surface area contributed by atoms with Crippen LogP contribution in [-0.4, -0.2) is 18.9 Å². The number of hydrogen-bond acceptors (Lipinski definition) is 3. The van der Waals surface area contributed by atoms with Crippen LogP contribution in [0.2, 0.25) is 0 Å². The van der Waals surface area contributed by atoms with Crippen molar-refractivity contribution in [1.82, 2.24) is 0 Å². The van der Waals surface area contributed by atoms with Gasteiger partial charge in [0.15, 0.2) is 0 Å². The van der Waals surface area contributed by atoms with Gasteiger partial charge in [0.2, 0.25) is 7.94 Å². The van der Waals surface area contributed by atoms with Crippen molar-refractivity contribution in [3.05, 3.63) is 0 Å². The van der Waals surface area contributed by atoms with Gasteiger partial charge in [0.25, 0.3) is 0 Å². The smallest absolute Gasteiger partial charge is 0.243 e. The summed E-state index contributed by atoms with van der Waals surface area (Å²) in [5.74, 6) is 0.626. The lowest BCUT2D eigenvalue weighted by Gasteiger charge is -2.50. The lowest BCUT2D eigenvalue weighted by atomic mass is 9.83. The summed E-state index contributed by atoms with van der Waals surface area (Å²) in [5, 5.41) is 0. The van der Waals surface area contributed by atoms with Crippen LogP contribution in [0, 0.1) is 5.92 Å². The first-order chi connectivity index (χ1) is 9.71. The highest BCUT2D eigenvalue weighted by molar-refractivity contribution is 7.61. The highest BCUT2D eigenvalue weighted by atomic mass is 31.2. The maximum Gasteiger partial charge on any atom is 0.243 e. The van der Waals surface area contributed by atoms with Crippen LogP contribution in [-0.2, 0) is 9.05 Å². The lowest BCUT2D eigenvalue weighted by Crippen LogP contribution is -2.52. The normalized spacial score (nSPS) is 35.0. The highest BCUT2D eigenvalue weighted by Crippen LogP contribution is 2.70. The predicted molar refractivity (Wildman–Crippen MR) is 82.5 cm³/mol. The molecule has 1 unspecified atom stereocenters. The third kappa shape index (κ3) is 3.94. The van der Waals surface area contributed by atoms with E-state index in [4.69, 9.17) is 9.05 Å². The van der Waals surface area contributed by atoms with Gasteiger partial charge in [-0.25, -0.2) is 9.05 Å². The molecular weight excluding hydrogens is 271 g/mol. The van der Waals surface area contributed by atoms with Crippen LogP contribution < -0.4 is 4.89 Å². The van der Waals surface area contributed by atoms with Crippen LogP contribution in [0.15, 0.2) is 0 Å². The molecule has 1 saturated heterocycles. The maximum absolute atomic E-state index is 12.5. The SMILES string of the molecule is CCCCCCC[C@@H]1[C@H](C2CCCCC2)O[P+]1([O-])OC. The third-order valence-electron chi connectivity index (χ3n) is 5.03. The zero-order valence-corrected chi connectivity index (χ0v) is 14.1. The Morgan fingerprint density at radius 2 is 1.80 bits per heavy atom. The topological polar surface area (TPSA) is 41.5 Å². The molecule has 4 heteroatoms. The summed E-state index contributed by atoms with van der Waals surface area (Å²) in [6, 6.07) is 0. The van der Waals surface area contributed by atoms with Crippen molar-refractivity contribution in [2.24, 2.45) is 5.92 Å². The number of unbranched alkanes of at least 4 members (excludes halogenated alkanes) is 4. The molecule has 0 aromatic carbocycles. The second kappa shape index (κ2) is 8.08. The first-order valence-corrected chi connectivity index (χ1v) is 10.2. The van der Waals surface area contributed by atoms with Crippen LogP contribution in [0.25, 0.3) is 0 Å². The van der Waals surface area contributed by atoms with Crippen molar-refractivity contribution in [2.45, 2.75) is 89.3 Å². The molecule has 3 nitrogen and oxygen atoms in total. The largest absolute Gasteiger partial charge is 0.631 e. The fourth-order valence-corrected chi connectivity index (χ4v) is 5.90. The molecule has 1 heterocycles. The van der Waals surface area contributed by atoms with Gasteiger partial charge in [0, 0.05) is 0 Å². The Balaban J connectivity index is 1.79. The summed E-state index contributed by atoms with van der Waals surface area (Å²) in [7, 11) is -1.22. The van der Waals surface area contributed by atoms with Crippen LogP contribution >= 0.6 is 7.94 Å². The quantitative estimate of drug-likeness (QED) is 0.491. The minimum atomic E-state index is -2.76. The lowest BCUT2D eigenvalue weighted by molar-refractivity contribution is -0.248. The Morgan fingerprint density at radius 1 is 1.10 bits per heavy atom. The minimum Gasteiger partial charge on any atom is -0.631 e. The third-order valence-corrected chi connectivity index (χ3v) is 7.44. The Bertz CT molecular complexity index is 281. The molecule has 0 N–H and O–H groups in total. The van der Waals surface area contributed by atoms with E-state index in [0.29, 0.717) is 5.92 Å². The average Bonchev–Trinajstić information content (AvgIpc) is 2.49. The zero-order valence-electron chi connectivity index (χ0n) is 13.2. The zero-order chi connectivity index (χ0) is 14.4. The molecule has 2 aliphatic rings. The van der Waals surface area contributed by atoms with E-state index in [9.17, 15) is 4.89 Å². The van der Waals surface area contributed by atoms with E-state index in [1.54, 1.807) is 7.11 Å². The van der Waals surface area contributed by atoms with Gasteiger partial charge in [-0.1, -0.05) is 51.9 Å². The molecule has 20 heavy (non-hydrogen) atoms. The summed E-state index contributed by atoms with van der Waals surface area (Å²) in [5.41, 5.74) is 0.178. The van der Waals surface area contributed by atoms with Crippen molar-refractivity contribution < 1.29 is 13.9 Å². The highest BCUT2D eigenvalue weighted by Gasteiger charge is 2.60. The summed E-state index contributed by atoms with van der Waals surface area (Å²) < 4.78 is 11.0. The average molecular weight is 302 g/mol. The molecule has 0 aromatic heterocycles. The van der Waals surface area contributed by atoms with Crippen molar-refractivity contribution in [3.8, 4) is 0 Å². The molecule has 1 aliphatic carbocycles. The van der Waals surface area contributed by atoms with Gasteiger partial charge >= 0.3 is 0 Å². The summed E-state index contributed by atoms with van der Waals surface area (Å²) >= 11 is 0. The molecule has 1 aliphatic heterocycles. The molecule has 0 aromatic rings. The number of hydrogen-bond donors (Lipinski definition) is 0. The summed E-state index contributed by atoms with van der Waals surface area (Å²) in [4.78, 5) is 12.5. The van der Waals surface area contributed by atoms with Gasteiger partial charge in [0.1, 0.15) is 11.8 Å². The minimum absolute atomic E-state index is 0.178. The Labute approximate surface area is 125 Å². The van der Waals surface area contributed by atoms with Gasteiger partial charge in [-0.15, -0.1) is 0 Å². The Kier molecular flexibility index (Phi) is 6.74. The molecular formula is C16H31O3P. The van der Waals surface area contributed by atoms with Gasteiger partial charge in [0.05, 0.1) is 7.11 Å². The Morgan fingerprint density at radius 3 is 2.45 bits per heavy atom. The van der Waals surface area contributed by atoms with Crippen molar-refractivity contribution >= 4 is 7.94 Å². The molecule has 1 saturated carbocycles. The molecule has 3 atom stereocenters. The maximum atomic E-state index is 12.5. The molecule has 118 valence electrons. The van der Waals surface area contributed by atoms with Crippen molar-refractivity contribution in [2.75, 3.05) is 7.11 Å². The van der Waals surface area contributed by atoms with E-state index in [0.717, 1.165) is 6.42 Å². The molecule has 0 bridgehead atoms. The molecule has 0 spiro atoms. The van der Waals surface area contributed by atoms with E-state index >= 15 is 0 Å². The molecule has 0 amide bonds. The van der Waals surface area contributed by atoms with E-state index in [-0.39, 0.29) is 11.8 Å². The van der Waals surface area contributed by atoms with Gasteiger partial charge in [-0.3, -0.25) is 0 Å². The van der Waals surface area contributed by atoms with Crippen LogP contribution in [0.4, 0.5) is 0 Å². The molecule has 2 fully saturated rings. The van der Waals surface area contributed by atoms with Crippen LogP contribution in [0.5, 0.6) is 0 Å². The monoisotopic (exact) mass is 302 g/mol. The standard InChI is InChI=1S/C16H31O3P/c1-3-4-5-6-10-13-15-16(19-20(15,17)18-2)14-11-8-7-9-12-14/h14-16H,3-13H2,1-2H3/t15-,16+,20?/m1/s1. The second-order valence-electron chi connectivity index (χ2n) is 6.46. The fraction of sp³-hybridized carbons (Fsp3) is 1.00.